The van der Waals surface area contributed by atoms with Crippen LogP contribution in [0.4, 0.5) is 5.69 Å². The fourth-order valence-electron chi connectivity index (χ4n) is 4.16. The van der Waals surface area contributed by atoms with Crippen LogP contribution < -0.4 is 10.2 Å². The summed E-state index contributed by atoms with van der Waals surface area (Å²) in [4.78, 5) is 28.6. The lowest BCUT2D eigenvalue weighted by molar-refractivity contribution is -0.120. The minimum Gasteiger partial charge on any atom is -0.371 e. The van der Waals surface area contributed by atoms with Crippen LogP contribution in [0.1, 0.15) is 34.3 Å². The number of nitrogens with one attached hydrogen (secondary N) is 1. The monoisotopic (exact) mass is 412 g/mol. The Hall–Kier alpha value is -3.40. The van der Waals surface area contributed by atoms with Crippen molar-refractivity contribution in [3.8, 4) is 0 Å². The number of benzene rings is 3. The molecule has 1 saturated heterocycles. The predicted molar refractivity (Wildman–Crippen MR) is 124 cm³/mol. The molecule has 1 N–H and O–H groups in total. The average Bonchev–Trinajstić information content (AvgIpc) is 3.35. The van der Waals surface area contributed by atoms with E-state index in [4.69, 9.17) is 0 Å². The van der Waals surface area contributed by atoms with Gasteiger partial charge in [-0.2, -0.15) is 0 Å². The molecule has 3 aromatic rings. The summed E-state index contributed by atoms with van der Waals surface area (Å²) in [6.45, 7) is 2.06. The van der Waals surface area contributed by atoms with Gasteiger partial charge in [0.1, 0.15) is 0 Å². The highest BCUT2D eigenvalue weighted by atomic mass is 16.2. The summed E-state index contributed by atoms with van der Waals surface area (Å²) >= 11 is 0. The highest BCUT2D eigenvalue weighted by Crippen LogP contribution is 2.25. The van der Waals surface area contributed by atoms with Crippen molar-refractivity contribution in [1.29, 1.82) is 0 Å². The maximum atomic E-state index is 13.4. The zero-order valence-electron chi connectivity index (χ0n) is 17.7. The lowest BCUT2D eigenvalue weighted by Crippen LogP contribution is -2.43. The molecule has 0 radical (unpaired) electrons. The molecule has 3 aromatic carbocycles. The Balaban J connectivity index is 1.54. The van der Waals surface area contributed by atoms with E-state index in [1.165, 1.54) is 12.8 Å². The summed E-state index contributed by atoms with van der Waals surface area (Å²) in [6, 6.07) is 26.5. The minimum absolute atomic E-state index is 0.0276. The minimum atomic E-state index is -0.582. The van der Waals surface area contributed by atoms with Gasteiger partial charge in [-0.05, 0) is 48.6 Å². The molecule has 1 heterocycles. The number of hydrogen-bond donors (Lipinski definition) is 1. The molecule has 0 saturated carbocycles. The van der Waals surface area contributed by atoms with Crippen LogP contribution in [0.2, 0.25) is 0 Å². The van der Waals surface area contributed by atoms with Gasteiger partial charge in [0, 0.05) is 30.8 Å². The van der Waals surface area contributed by atoms with Crippen molar-refractivity contribution >= 4 is 17.4 Å². The largest absolute Gasteiger partial charge is 0.371 e. The zero-order chi connectivity index (χ0) is 21.5. The number of para-hydroxylation sites is 1. The first kappa shape index (κ1) is 20.9. The molecule has 0 aromatic heterocycles. The lowest BCUT2D eigenvalue weighted by Gasteiger charge is -2.23. The smallest absolute Gasteiger partial charge is 0.251 e. The standard InChI is InChI=1S/C27H28N2O2/c30-26(20-23-15-7-8-16-25(23)29-17-9-10-18-29)24(19-21-11-3-1-4-12-21)28-27(31)22-13-5-2-6-14-22/h1-8,11-16,24H,9-10,17-20H2,(H,28,31). The average molecular weight is 413 g/mol. The molecule has 4 rings (SSSR count). The Kier molecular flexibility index (Phi) is 6.78. The topological polar surface area (TPSA) is 49.4 Å². The zero-order valence-corrected chi connectivity index (χ0v) is 17.7. The van der Waals surface area contributed by atoms with Gasteiger partial charge in [0.05, 0.1) is 6.04 Å². The van der Waals surface area contributed by atoms with E-state index in [1.807, 2.05) is 66.7 Å². The molecule has 0 aliphatic carbocycles. The van der Waals surface area contributed by atoms with Crippen molar-refractivity contribution < 1.29 is 9.59 Å². The van der Waals surface area contributed by atoms with Crippen molar-refractivity contribution in [3.63, 3.8) is 0 Å². The van der Waals surface area contributed by atoms with E-state index >= 15 is 0 Å². The van der Waals surface area contributed by atoms with Crippen LogP contribution in [-0.4, -0.2) is 30.8 Å². The van der Waals surface area contributed by atoms with Gasteiger partial charge >= 0.3 is 0 Å². The van der Waals surface area contributed by atoms with E-state index in [2.05, 4.69) is 16.3 Å². The summed E-state index contributed by atoms with van der Waals surface area (Å²) in [5.41, 5.74) is 3.76. The number of ketones is 1. The molecule has 1 aliphatic rings. The lowest BCUT2D eigenvalue weighted by atomic mass is 9.96. The third-order valence-electron chi connectivity index (χ3n) is 5.82. The second-order valence-corrected chi connectivity index (χ2v) is 8.05. The van der Waals surface area contributed by atoms with Gasteiger partial charge in [-0.15, -0.1) is 0 Å². The molecule has 1 unspecified atom stereocenters. The van der Waals surface area contributed by atoms with Gasteiger partial charge in [0.2, 0.25) is 0 Å². The Morgan fingerprint density at radius 1 is 0.806 bits per heavy atom. The van der Waals surface area contributed by atoms with Crippen LogP contribution in [-0.2, 0) is 17.6 Å². The number of carbonyl (C=O) groups is 2. The highest BCUT2D eigenvalue weighted by Gasteiger charge is 2.24. The molecule has 158 valence electrons. The number of rotatable bonds is 8. The van der Waals surface area contributed by atoms with Crippen LogP contribution in [0.3, 0.4) is 0 Å². The molecular formula is C27H28N2O2. The van der Waals surface area contributed by atoms with E-state index in [-0.39, 0.29) is 11.7 Å². The number of anilines is 1. The molecule has 0 bridgehead atoms. The summed E-state index contributed by atoms with van der Waals surface area (Å²) < 4.78 is 0. The van der Waals surface area contributed by atoms with Crippen molar-refractivity contribution in [2.24, 2.45) is 0 Å². The summed E-state index contributed by atoms with van der Waals surface area (Å²) in [5.74, 6) is -0.192. The summed E-state index contributed by atoms with van der Waals surface area (Å²) in [5, 5.41) is 2.99. The normalized spacial score (nSPS) is 14.3. The Labute approximate surface area is 183 Å². The van der Waals surface area contributed by atoms with Crippen molar-refractivity contribution in [3.05, 3.63) is 102 Å². The Morgan fingerprint density at radius 3 is 2.13 bits per heavy atom. The fourth-order valence-corrected chi connectivity index (χ4v) is 4.16. The van der Waals surface area contributed by atoms with Gasteiger partial charge in [-0.3, -0.25) is 9.59 Å². The van der Waals surface area contributed by atoms with Crippen LogP contribution in [0, 0.1) is 0 Å². The summed E-state index contributed by atoms with van der Waals surface area (Å²) in [7, 11) is 0. The molecule has 31 heavy (non-hydrogen) atoms. The molecular weight excluding hydrogens is 384 g/mol. The number of amides is 1. The van der Waals surface area contributed by atoms with E-state index in [1.54, 1.807) is 12.1 Å². The number of Topliss-reactive ketones (excluding diaryl/α,β-unsaturated/α-hetero) is 1. The van der Waals surface area contributed by atoms with Gasteiger partial charge in [0.15, 0.2) is 5.78 Å². The van der Waals surface area contributed by atoms with Crippen molar-refractivity contribution in [2.75, 3.05) is 18.0 Å². The first-order valence-corrected chi connectivity index (χ1v) is 11.0. The Morgan fingerprint density at radius 2 is 1.42 bits per heavy atom. The van der Waals surface area contributed by atoms with Crippen LogP contribution in [0.5, 0.6) is 0 Å². The molecule has 1 fully saturated rings. The number of carbonyl (C=O) groups excluding carboxylic acids is 2. The van der Waals surface area contributed by atoms with E-state index in [9.17, 15) is 9.59 Å². The third-order valence-corrected chi connectivity index (χ3v) is 5.82. The molecule has 4 heteroatoms. The van der Waals surface area contributed by atoms with Crippen LogP contribution in [0.25, 0.3) is 0 Å². The SMILES string of the molecule is O=C(NC(Cc1ccccc1)C(=O)Cc1ccccc1N1CCCC1)c1ccccc1. The molecule has 1 amide bonds. The van der Waals surface area contributed by atoms with E-state index in [0.29, 0.717) is 18.4 Å². The molecule has 1 atom stereocenters. The Bertz CT molecular complexity index is 1010. The number of nitrogens with zero attached hydrogens (tertiary/aromatic N) is 1. The maximum Gasteiger partial charge on any atom is 0.251 e. The second kappa shape index (κ2) is 10.1. The van der Waals surface area contributed by atoms with Crippen LogP contribution >= 0.6 is 0 Å². The van der Waals surface area contributed by atoms with Gasteiger partial charge in [0.25, 0.3) is 5.91 Å². The van der Waals surface area contributed by atoms with Gasteiger partial charge < -0.3 is 10.2 Å². The maximum absolute atomic E-state index is 13.4. The second-order valence-electron chi connectivity index (χ2n) is 8.05. The fraction of sp³-hybridized carbons (Fsp3) is 0.259. The first-order chi connectivity index (χ1) is 15.2. The van der Waals surface area contributed by atoms with Gasteiger partial charge in [-0.25, -0.2) is 0 Å². The van der Waals surface area contributed by atoms with E-state index < -0.39 is 6.04 Å². The molecule has 1 aliphatic heterocycles. The number of hydrogen-bond acceptors (Lipinski definition) is 3. The van der Waals surface area contributed by atoms with Crippen molar-refractivity contribution in [1.82, 2.24) is 5.32 Å². The van der Waals surface area contributed by atoms with Gasteiger partial charge in [-0.1, -0.05) is 66.7 Å². The quantitative estimate of drug-likeness (QED) is 0.595. The molecule has 4 nitrogen and oxygen atoms in total. The third kappa shape index (κ3) is 5.40. The van der Waals surface area contributed by atoms with Crippen molar-refractivity contribution in [2.45, 2.75) is 31.7 Å². The van der Waals surface area contributed by atoms with Crippen LogP contribution in [0.15, 0.2) is 84.9 Å². The predicted octanol–water partition coefficient (Wildman–Crippen LogP) is 4.44. The highest BCUT2D eigenvalue weighted by molar-refractivity contribution is 5.98. The van der Waals surface area contributed by atoms with E-state index in [0.717, 1.165) is 29.9 Å². The summed E-state index contributed by atoms with van der Waals surface area (Å²) in [6.07, 6.45) is 3.15. The first-order valence-electron chi connectivity index (χ1n) is 11.0. The molecule has 0 spiro atoms.